The van der Waals surface area contributed by atoms with E-state index in [0.29, 0.717) is 19.3 Å². The minimum absolute atomic E-state index is 0.0683. The van der Waals surface area contributed by atoms with Crippen molar-refractivity contribution in [3.05, 3.63) is 0 Å². The molecule has 260 valence electrons. The van der Waals surface area contributed by atoms with E-state index in [0.717, 1.165) is 69.6 Å². The lowest BCUT2D eigenvalue weighted by Crippen LogP contribution is -2.30. The Morgan fingerprint density at radius 1 is 0.432 bits per heavy atom. The van der Waals surface area contributed by atoms with Gasteiger partial charge >= 0.3 is 17.9 Å². The molecule has 0 bridgehead atoms. The maximum absolute atomic E-state index is 12.6. The second-order valence-corrected chi connectivity index (χ2v) is 13.8. The summed E-state index contributed by atoms with van der Waals surface area (Å²) in [5.41, 5.74) is 0. The van der Waals surface area contributed by atoms with Crippen LogP contribution < -0.4 is 0 Å². The molecule has 6 nitrogen and oxygen atoms in total. The van der Waals surface area contributed by atoms with E-state index in [9.17, 15) is 14.4 Å². The fraction of sp³-hybridized carbons (Fsp3) is 0.921. The molecule has 0 fully saturated rings. The van der Waals surface area contributed by atoms with Gasteiger partial charge in [-0.3, -0.25) is 14.4 Å². The zero-order chi connectivity index (χ0) is 32.7. The highest BCUT2D eigenvalue weighted by molar-refractivity contribution is 5.71. The Morgan fingerprint density at radius 2 is 0.750 bits per heavy atom. The number of carbonyl (C=O) groups excluding carboxylic acids is 3. The Morgan fingerprint density at radius 3 is 1.11 bits per heavy atom. The van der Waals surface area contributed by atoms with E-state index < -0.39 is 6.10 Å². The molecule has 0 aliphatic rings. The largest absolute Gasteiger partial charge is 0.462 e. The van der Waals surface area contributed by atoms with Crippen molar-refractivity contribution in [3.8, 4) is 0 Å². The van der Waals surface area contributed by atoms with Crippen LogP contribution in [-0.2, 0) is 28.6 Å². The summed E-state index contributed by atoms with van der Waals surface area (Å²) in [6.07, 6.45) is 25.5. The third-order valence-corrected chi connectivity index (χ3v) is 8.22. The van der Waals surface area contributed by atoms with Crippen LogP contribution in [0.5, 0.6) is 0 Å². The molecular formula is C38H72O6. The molecule has 0 saturated heterocycles. The molecule has 6 heteroatoms. The van der Waals surface area contributed by atoms with E-state index >= 15 is 0 Å². The molecule has 0 aliphatic heterocycles. The van der Waals surface area contributed by atoms with Crippen molar-refractivity contribution >= 4 is 17.9 Å². The fourth-order valence-electron chi connectivity index (χ4n) is 5.34. The topological polar surface area (TPSA) is 78.9 Å². The van der Waals surface area contributed by atoms with Crippen LogP contribution in [0.3, 0.4) is 0 Å². The molecule has 0 spiro atoms. The maximum Gasteiger partial charge on any atom is 0.306 e. The summed E-state index contributed by atoms with van der Waals surface area (Å²) in [7, 11) is 0. The molecule has 0 rings (SSSR count). The molecular weight excluding hydrogens is 552 g/mol. The average Bonchev–Trinajstić information content (AvgIpc) is 2.98. The highest BCUT2D eigenvalue weighted by Crippen LogP contribution is 2.15. The standard InChI is InChI=1S/C38H72O6/c1-6-7-8-9-11-18-23-28-36(39)42-31-35(32-43-37(40)29-24-19-15-14-17-22-27-34(4)5)44-38(41)30-25-20-13-10-12-16-21-26-33(2)3/h33-35H,6-32H2,1-5H3/t35-/m1/s1. The van der Waals surface area contributed by atoms with Gasteiger partial charge in [-0.1, -0.05) is 157 Å². The lowest BCUT2D eigenvalue weighted by atomic mass is 10.0. The van der Waals surface area contributed by atoms with E-state index in [4.69, 9.17) is 14.2 Å². The van der Waals surface area contributed by atoms with Gasteiger partial charge in [0.1, 0.15) is 13.2 Å². The predicted octanol–water partition coefficient (Wildman–Crippen LogP) is 11.1. The monoisotopic (exact) mass is 625 g/mol. The summed E-state index contributed by atoms with van der Waals surface area (Å²) in [6, 6.07) is 0. The Balaban J connectivity index is 4.36. The molecule has 0 unspecified atom stereocenters. The van der Waals surface area contributed by atoms with Gasteiger partial charge in [-0.05, 0) is 31.1 Å². The van der Waals surface area contributed by atoms with Crippen LogP contribution in [0.4, 0.5) is 0 Å². The molecule has 0 amide bonds. The Kier molecular flexibility index (Phi) is 30.3. The molecule has 0 aromatic rings. The van der Waals surface area contributed by atoms with Crippen molar-refractivity contribution in [2.24, 2.45) is 11.8 Å². The van der Waals surface area contributed by atoms with Crippen molar-refractivity contribution in [1.29, 1.82) is 0 Å². The van der Waals surface area contributed by atoms with E-state index in [-0.39, 0.29) is 31.1 Å². The number of hydrogen-bond donors (Lipinski definition) is 0. The van der Waals surface area contributed by atoms with Crippen molar-refractivity contribution in [3.63, 3.8) is 0 Å². The van der Waals surface area contributed by atoms with E-state index in [1.165, 1.54) is 83.5 Å². The van der Waals surface area contributed by atoms with Gasteiger partial charge in [0.05, 0.1) is 0 Å². The highest BCUT2D eigenvalue weighted by atomic mass is 16.6. The molecule has 0 N–H and O–H groups in total. The van der Waals surface area contributed by atoms with Crippen molar-refractivity contribution in [1.82, 2.24) is 0 Å². The molecule has 0 aliphatic carbocycles. The van der Waals surface area contributed by atoms with E-state index in [2.05, 4.69) is 34.6 Å². The summed E-state index contributed by atoms with van der Waals surface area (Å²) in [4.78, 5) is 37.2. The van der Waals surface area contributed by atoms with Crippen LogP contribution in [0.25, 0.3) is 0 Å². The molecule has 0 heterocycles. The predicted molar refractivity (Wildman–Crippen MR) is 183 cm³/mol. The Hall–Kier alpha value is -1.59. The lowest BCUT2D eigenvalue weighted by Gasteiger charge is -2.18. The summed E-state index contributed by atoms with van der Waals surface area (Å²) in [5.74, 6) is 0.659. The first kappa shape index (κ1) is 42.4. The van der Waals surface area contributed by atoms with E-state index in [1.807, 2.05) is 0 Å². The van der Waals surface area contributed by atoms with Gasteiger partial charge in [0.15, 0.2) is 6.10 Å². The zero-order valence-corrected chi connectivity index (χ0v) is 29.8. The summed E-state index contributed by atoms with van der Waals surface area (Å²) < 4.78 is 16.5. The molecule has 0 aromatic heterocycles. The molecule has 0 saturated carbocycles. The first-order chi connectivity index (χ1) is 21.2. The van der Waals surface area contributed by atoms with Crippen molar-refractivity contribution in [2.45, 2.75) is 201 Å². The normalized spacial score (nSPS) is 12.1. The third kappa shape index (κ3) is 31.8. The Labute approximate surface area is 272 Å². The van der Waals surface area contributed by atoms with Gasteiger partial charge in [0, 0.05) is 19.3 Å². The van der Waals surface area contributed by atoms with Crippen molar-refractivity contribution in [2.75, 3.05) is 13.2 Å². The summed E-state index contributed by atoms with van der Waals surface area (Å²) in [6.45, 7) is 11.1. The third-order valence-electron chi connectivity index (χ3n) is 8.22. The number of unbranched alkanes of at least 4 members (excludes halogenated alkanes) is 17. The minimum Gasteiger partial charge on any atom is -0.462 e. The lowest BCUT2D eigenvalue weighted by molar-refractivity contribution is -0.167. The fourth-order valence-corrected chi connectivity index (χ4v) is 5.34. The van der Waals surface area contributed by atoms with Gasteiger partial charge in [-0.25, -0.2) is 0 Å². The van der Waals surface area contributed by atoms with E-state index in [1.54, 1.807) is 0 Å². The van der Waals surface area contributed by atoms with Gasteiger partial charge < -0.3 is 14.2 Å². The van der Waals surface area contributed by atoms with Crippen LogP contribution in [0, 0.1) is 11.8 Å². The van der Waals surface area contributed by atoms with Gasteiger partial charge in [-0.15, -0.1) is 0 Å². The molecule has 1 atom stereocenters. The highest BCUT2D eigenvalue weighted by Gasteiger charge is 2.19. The maximum atomic E-state index is 12.6. The molecule has 0 radical (unpaired) electrons. The van der Waals surface area contributed by atoms with Crippen LogP contribution >= 0.6 is 0 Å². The molecule has 0 aromatic carbocycles. The van der Waals surface area contributed by atoms with Crippen LogP contribution in [-0.4, -0.2) is 37.2 Å². The minimum atomic E-state index is -0.758. The number of carbonyl (C=O) groups is 3. The number of rotatable bonds is 32. The second-order valence-electron chi connectivity index (χ2n) is 13.8. The average molecular weight is 625 g/mol. The van der Waals surface area contributed by atoms with Gasteiger partial charge in [0.25, 0.3) is 0 Å². The first-order valence-electron chi connectivity index (χ1n) is 18.7. The SMILES string of the molecule is CCCCCCCCCC(=O)OC[C@H](COC(=O)CCCCCCCCC(C)C)OC(=O)CCCCCCCCCC(C)C. The number of ether oxygens (including phenoxy) is 3. The van der Waals surface area contributed by atoms with Crippen molar-refractivity contribution < 1.29 is 28.6 Å². The second kappa shape index (κ2) is 31.4. The van der Waals surface area contributed by atoms with Gasteiger partial charge in [-0.2, -0.15) is 0 Å². The number of esters is 3. The van der Waals surface area contributed by atoms with Crippen LogP contribution in [0.2, 0.25) is 0 Å². The molecule has 44 heavy (non-hydrogen) atoms. The van der Waals surface area contributed by atoms with Crippen LogP contribution in [0.1, 0.15) is 195 Å². The summed E-state index contributed by atoms with van der Waals surface area (Å²) >= 11 is 0. The smallest absolute Gasteiger partial charge is 0.306 e. The summed E-state index contributed by atoms with van der Waals surface area (Å²) in [5, 5.41) is 0. The zero-order valence-electron chi connectivity index (χ0n) is 29.8. The van der Waals surface area contributed by atoms with Gasteiger partial charge in [0.2, 0.25) is 0 Å². The first-order valence-corrected chi connectivity index (χ1v) is 18.7. The van der Waals surface area contributed by atoms with Crippen LogP contribution in [0.15, 0.2) is 0 Å². The Bertz CT molecular complexity index is 674. The quantitative estimate of drug-likeness (QED) is 0.0421. The number of hydrogen-bond acceptors (Lipinski definition) is 6.